The predicted octanol–water partition coefficient (Wildman–Crippen LogP) is 2.56. The number of β-amino-alcohol motifs (C(OH)–C–C–N with tert-alkyl or cyclic N) is 1. The van der Waals surface area contributed by atoms with Crippen LogP contribution in [0.2, 0.25) is 5.02 Å². The van der Waals surface area contributed by atoms with Crippen LogP contribution in [0.15, 0.2) is 30.9 Å². The SMILES string of the molecule is C=CCCC(O)CN1CCN(C(=O)c2cc(Cl)ccc2F)CC1. The van der Waals surface area contributed by atoms with E-state index in [9.17, 15) is 14.3 Å². The number of hydrogen-bond acceptors (Lipinski definition) is 3. The minimum atomic E-state index is -0.554. The summed E-state index contributed by atoms with van der Waals surface area (Å²) < 4.78 is 13.8. The van der Waals surface area contributed by atoms with Crippen LogP contribution in [0.5, 0.6) is 0 Å². The number of nitrogens with zero attached hydrogens (tertiary/aromatic N) is 2. The zero-order chi connectivity index (χ0) is 16.8. The van der Waals surface area contributed by atoms with Gasteiger partial charge >= 0.3 is 0 Å². The van der Waals surface area contributed by atoms with E-state index in [2.05, 4.69) is 11.5 Å². The molecule has 0 spiro atoms. The average molecular weight is 341 g/mol. The topological polar surface area (TPSA) is 43.8 Å². The van der Waals surface area contributed by atoms with E-state index in [-0.39, 0.29) is 17.6 Å². The van der Waals surface area contributed by atoms with Crippen LogP contribution >= 0.6 is 11.6 Å². The van der Waals surface area contributed by atoms with Gasteiger partial charge in [0.15, 0.2) is 0 Å². The van der Waals surface area contributed by atoms with Gasteiger partial charge in [0, 0.05) is 37.7 Å². The van der Waals surface area contributed by atoms with Crippen molar-refractivity contribution >= 4 is 17.5 Å². The number of aliphatic hydroxyl groups is 1. The summed E-state index contributed by atoms with van der Waals surface area (Å²) in [5, 5.41) is 10.3. The lowest BCUT2D eigenvalue weighted by molar-refractivity contribution is 0.0514. The number of amides is 1. The highest BCUT2D eigenvalue weighted by atomic mass is 35.5. The van der Waals surface area contributed by atoms with Crippen molar-refractivity contribution in [2.45, 2.75) is 18.9 Å². The van der Waals surface area contributed by atoms with E-state index in [1.54, 1.807) is 11.0 Å². The molecule has 1 saturated heterocycles. The summed E-state index contributed by atoms with van der Waals surface area (Å²) >= 11 is 5.84. The molecule has 1 heterocycles. The minimum absolute atomic E-state index is 0.0111. The van der Waals surface area contributed by atoms with Crippen molar-refractivity contribution in [1.29, 1.82) is 0 Å². The fourth-order valence-corrected chi connectivity index (χ4v) is 2.84. The van der Waals surface area contributed by atoms with Crippen molar-refractivity contribution in [2.24, 2.45) is 0 Å². The van der Waals surface area contributed by atoms with E-state index in [0.717, 1.165) is 6.42 Å². The number of aliphatic hydroxyl groups excluding tert-OH is 1. The summed E-state index contributed by atoms with van der Waals surface area (Å²) in [6.45, 7) is 6.58. The number of allylic oxidation sites excluding steroid dienone is 1. The van der Waals surface area contributed by atoms with Crippen molar-refractivity contribution < 1.29 is 14.3 Å². The molecule has 1 amide bonds. The first-order valence-electron chi connectivity index (χ1n) is 7.77. The van der Waals surface area contributed by atoms with Gasteiger partial charge in [-0.15, -0.1) is 6.58 Å². The molecule has 0 bridgehead atoms. The summed E-state index contributed by atoms with van der Waals surface area (Å²) in [7, 11) is 0. The molecule has 2 rings (SSSR count). The van der Waals surface area contributed by atoms with Gasteiger partial charge in [-0.05, 0) is 31.0 Å². The Bertz CT molecular complexity index is 560. The first-order chi connectivity index (χ1) is 11.0. The van der Waals surface area contributed by atoms with Crippen molar-refractivity contribution in [1.82, 2.24) is 9.80 Å². The lowest BCUT2D eigenvalue weighted by atomic mass is 10.1. The fraction of sp³-hybridized carbons (Fsp3) is 0.471. The smallest absolute Gasteiger partial charge is 0.256 e. The quantitative estimate of drug-likeness (QED) is 0.809. The monoisotopic (exact) mass is 340 g/mol. The van der Waals surface area contributed by atoms with Gasteiger partial charge in [0.2, 0.25) is 0 Å². The maximum absolute atomic E-state index is 13.8. The summed E-state index contributed by atoms with van der Waals surface area (Å²) in [5.74, 6) is -0.890. The molecular formula is C17H22ClFN2O2. The van der Waals surface area contributed by atoms with Crippen LogP contribution in [0.4, 0.5) is 4.39 Å². The Labute approximate surface area is 141 Å². The molecule has 1 aliphatic heterocycles. The molecule has 0 radical (unpaired) electrons. The number of carbonyl (C=O) groups excluding carboxylic acids is 1. The molecule has 126 valence electrons. The second-order valence-electron chi connectivity index (χ2n) is 5.74. The summed E-state index contributed by atoms with van der Waals surface area (Å²) in [6.07, 6.45) is 2.88. The maximum atomic E-state index is 13.8. The molecule has 0 aromatic heterocycles. The second-order valence-corrected chi connectivity index (χ2v) is 6.17. The number of carbonyl (C=O) groups is 1. The Kier molecular flexibility index (Phi) is 6.57. The fourth-order valence-electron chi connectivity index (χ4n) is 2.66. The second kappa shape index (κ2) is 8.43. The van der Waals surface area contributed by atoms with Crippen LogP contribution in [-0.2, 0) is 0 Å². The van der Waals surface area contributed by atoms with Crippen molar-refractivity contribution in [3.8, 4) is 0 Å². The molecule has 1 aliphatic rings. The van der Waals surface area contributed by atoms with E-state index >= 15 is 0 Å². The molecule has 1 aromatic rings. The third-order valence-corrected chi connectivity index (χ3v) is 4.23. The zero-order valence-electron chi connectivity index (χ0n) is 13.0. The van der Waals surface area contributed by atoms with Gasteiger partial charge < -0.3 is 10.0 Å². The van der Waals surface area contributed by atoms with E-state index in [1.807, 2.05) is 0 Å². The van der Waals surface area contributed by atoms with E-state index in [1.165, 1.54) is 18.2 Å². The molecule has 1 N–H and O–H groups in total. The minimum Gasteiger partial charge on any atom is -0.392 e. The first kappa shape index (κ1) is 17.9. The molecular weight excluding hydrogens is 319 g/mol. The molecule has 6 heteroatoms. The van der Waals surface area contributed by atoms with Crippen molar-refractivity contribution in [2.75, 3.05) is 32.7 Å². The summed E-state index contributed by atoms with van der Waals surface area (Å²) in [6, 6.07) is 4.00. The number of rotatable bonds is 6. The largest absolute Gasteiger partial charge is 0.392 e. The third-order valence-electron chi connectivity index (χ3n) is 3.99. The van der Waals surface area contributed by atoms with Gasteiger partial charge in [-0.2, -0.15) is 0 Å². The molecule has 1 aromatic carbocycles. The lowest BCUT2D eigenvalue weighted by Gasteiger charge is -2.35. The standard InChI is InChI=1S/C17H22ClFN2O2/c1-2-3-4-14(22)12-20-7-9-21(10-8-20)17(23)15-11-13(18)5-6-16(15)19/h2,5-6,11,14,22H,1,3-4,7-10,12H2. The Hall–Kier alpha value is -1.43. The first-order valence-corrected chi connectivity index (χ1v) is 8.14. The highest BCUT2D eigenvalue weighted by molar-refractivity contribution is 6.31. The van der Waals surface area contributed by atoms with Crippen LogP contribution in [0.3, 0.4) is 0 Å². The highest BCUT2D eigenvalue weighted by Crippen LogP contribution is 2.18. The maximum Gasteiger partial charge on any atom is 0.256 e. The number of halogens is 2. The molecule has 1 atom stereocenters. The van der Waals surface area contributed by atoms with Crippen molar-refractivity contribution in [3.63, 3.8) is 0 Å². The van der Waals surface area contributed by atoms with Gasteiger partial charge in [-0.3, -0.25) is 9.69 Å². The number of hydrogen-bond donors (Lipinski definition) is 1. The van der Waals surface area contributed by atoms with Crippen LogP contribution in [0.1, 0.15) is 23.2 Å². The summed E-state index contributed by atoms with van der Waals surface area (Å²) in [5.41, 5.74) is 0.0111. The molecule has 1 unspecified atom stereocenters. The molecule has 23 heavy (non-hydrogen) atoms. The molecule has 4 nitrogen and oxygen atoms in total. The number of piperazine rings is 1. The third kappa shape index (κ3) is 5.03. The van der Waals surface area contributed by atoms with Gasteiger partial charge in [-0.1, -0.05) is 17.7 Å². The Morgan fingerprint density at radius 3 is 2.74 bits per heavy atom. The van der Waals surface area contributed by atoms with Gasteiger partial charge in [0.05, 0.1) is 11.7 Å². The molecule has 1 fully saturated rings. The van der Waals surface area contributed by atoms with Gasteiger partial charge in [0.1, 0.15) is 5.82 Å². The van der Waals surface area contributed by atoms with Gasteiger partial charge in [-0.25, -0.2) is 4.39 Å². The van der Waals surface area contributed by atoms with E-state index < -0.39 is 5.82 Å². The van der Waals surface area contributed by atoms with Crippen LogP contribution in [-0.4, -0.2) is 59.6 Å². The van der Waals surface area contributed by atoms with Crippen LogP contribution in [0, 0.1) is 5.82 Å². The lowest BCUT2D eigenvalue weighted by Crippen LogP contribution is -2.50. The zero-order valence-corrected chi connectivity index (χ0v) is 13.8. The highest BCUT2D eigenvalue weighted by Gasteiger charge is 2.25. The van der Waals surface area contributed by atoms with Crippen molar-refractivity contribution in [3.05, 3.63) is 47.3 Å². The summed E-state index contributed by atoms with van der Waals surface area (Å²) in [4.78, 5) is 16.1. The molecule has 0 saturated carbocycles. The number of benzene rings is 1. The van der Waals surface area contributed by atoms with Crippen LogP contribution in [0.25, 0.3) is 0 Å². The van der Waals surface area contributed by atoms with E-state index in [4.69, 9.17) is 11.6 Å². The Balaban J connectivity index is 1.87. The van der Waals surface area contributed by atoms with Gasteiger partial charge in [0.25, 0.3) is 5.91 Å². The Morgan fingerprint density at radius 1 is 1.39 bits per heavy atom. The van der Waals surface area contributed by atoms with Crippen LogP contribution < -0.4 is 0 Å². The normalized spacial score (nSPS) is 17.1. The van der Waals surface area contributed by atoms with E-state index in [0.29, 0.717) is 44.2 Å². The Morgan fingerprint density at radius 2 is 2.09 bits per heavy atom. The predicted molar refractivity (Wildman–Crippen MR) is 89.2 cm³/mol. The average Bonchev–Trinajstić information content (AvgIpc) is 2.55. The molecule has 0 aliphatic carbocycles.